The van der Waals surface area contributed by atoms with Gasteiger partial charge >= 0.3 is 6.18 Å². The van der Waals surface area contributed by atoms with Gasteiger partial charge in [-0.1, -0.05) is 6.92 Å². The van der Waals surface area contributed by atoms with Gasteiger partial charge in [0.05, 0.1) is 24.1 Å². The van der Waals surface area contributed by atoms with Crippen molar-refractivity contribution in [2.24, 2.45) is 0 Å². The number of amides is 1. The average molecular weight is 444 g/mol. The summed E-state index contributed by atoms with van der Waals surface area (Å²) in [5.74, 6) is -0.103. The molecule has 2 rings (SSSR count). The molecule has 6 nitrogen and oxygen atoms in total. The van der Waals surface area contributed by atoms with Crippen molar-refractivity contribution in [3.63, 3.8) is 0 Å². The predicted octanol–water partition coefficient (Wildman–Crippen LogP) is 4.29. The Morgan fingerprint density at radius 2 is 1.63 bits per heavy atom. The lowest BCUT2D eigenvalue weighted by atomic mass is 10.1. The highest BCUT2D eigenvalue weighted by Crippen LogP contribution is 2.30. The molecule has 1 amide bonds. The van der Waals surface area contributed by atoms with Gasteiger partial charge in [0.1, 0.15) is 11.8 Å². The van der Waals surface area contributed by atoms with Gasteiger partial charge in [0.2, 0.25) is 15.9 Å². The number of anilines is 2. The van der Waals surface area contributed by atoms with E-state index in [2.05, 4.69) is 5.32 Å². The van der Waals surface area contributed by atoms with E-state index in [1.54, 1.807) is 19.1 Å². The number of nitrogens with one attached hydrogen (secondary N) is 1. The summed E-state index contributed by atoms with van der Waals surface area (Å²) in [4.78, 5) is 12.8. The van der Waals surface area contributed by atoms with E-state index in [0.717, 1.165) is 34.8 Å². The van der Waals surface area contributed by atoms with E-state index in [1.807, 2.05) is 6.92 Å². The van der Waals surface area contributed by atoms with Crippen LogP contribution < -0.4 is 14.4 Å². The number of hydrogen-bond acceptors (Lipinski definition) is 4. The lowest BCUT2D eigenvalue weighted by molar-refractivity contribution is -0.137. The van der Waals surface area contributed by atoms with Crippen molar-refractivity contribution in [1.29, 1.82) is 0 Å². The van der Waals surface area contributed by atoms with Gasteiger partial charge in [-0.3, -0.25) is 9.10 Å². The van der Waals surface area contributed by atoms with Crippen molar-refractivity contribution < 1.29 is 31.1 Å². The maximum Gasteiger partial charge on any atom is 0.416 e. The highest BCUT2D eigenvalue weighted by Gasteiger charge is 2.32. The fourth-order valence-corrected chi connectivity index (χ4v) is 4.10. The van der Waals surface area contributed by atoms with E-state index < -0.39 is 33.7 Å². The molecular weight excluding hydrogens is 421 g/mol. The Labute approximate surface area is 173 Å². The molecule has 0 heterocycles. The number of benzene rings is 2. The second-order valence-corrected chi connectivity index (χ2v) is 8.33. The number of halogens is 3. The van der Waals surface area contributed by atoms with Crippen molar-refractivity contribution in [2.45, 2.75) is 32.5 Å². The molecule has 1 atom stereocenters. The number of rotatable bonds is 8. The molecule has 0 radical (unpaired) electrons. The molecule has 0 aliphatic carbocycles. The van der Waals surface area contributed by atoms with Gasteiger partial charge in [0.15, 0.2) is 0 Å². The smallest absolute Gasteiger partial charge is 0.416 e. The lowest BCUT2D eigenvalue weighted by Gasteiger charge is -2.30. The van der Waals surface area contributed by atoms with E-state index >= 15 is 0 Å². The molecule has 1 N–H and O–H groups in total. The van der Waals surface area contributed by atoms with Crippen LogP contribution in [0.5, 0.6) is 5.75 Å². The van der Waals surface area contributed by atoms with E-state index in [1.165, 1.54) is 12.1 Å². The van der Waals surface area contributed by atoms with Gasteiger partial charge < -0.3 is 10.1 Å². The summed E-state index contributed by atoms with van der Waals surface area (Å²) in [5, 5.41) is 2.49. The van der Waals surface area contributed by atoms with Crippen molar-refractivity contribution >= 4 is 27.3 Å². The van der Waals surface area contributed by atoms with Crippen LogP contribution in [0.3, 0.4) is 0 Å². The highest BCUT2D eigenvalue weighted by molar-refractivity contribution is 7.92. The normalized spacial score (nSPS) is 12.9. The van der Waals surface area contributed by atoms with Gasteiger partial charge in [0, 0.05) is 5.69 Å². The van der Waals surface area contributed by atoms with Crippen LogP contribution in [0.15, 0.2) is 48.5 Å². The van der Waals surface area contributed by atoms with Gasteiger partial charge in [-0.25, -0.2) is 8.42 Å². The number of nitrogens with zero attached hydrogens (tertiary/aromatic N) is 1. The number of hydrogen-bond donors (Lipinski definition) is 1. The third kappa shape index (κ3) is 5.88. The zero-order valence-corrected chi connectivity index (χ0v) is 17.5. The van der Waals surface area contributed by atoms with Crippen LogP contribution in [0.2, 0.25) is 0 Å². The molecular formula is C20H23F3N2O4S. The Bertz CT molecular complexity index is 959. The zero-order valence-electron chi connectivity index (χ0n) is 16.7. The van der Waals surface area contributed by atoms with Crippen LogP contribution in [0, 0.1) is 0 Å². The van der Waals surface area contributed by atoms with Crippen LogP contribution in [-0.4, -0.2) is 33.2 Å². The Morgan fingerprint density at radius 1 is 1.07 bits per heavy atom. The molecule has 2 aromatic carbocycles. The van der Waals surface area contributed by atoms with E-state index in [-0.39, 0.29) is 17.8 Å². The number of carbonyl (C=O) groups is 1. The van der Waals surface area contributed by atoms with E-state index in [9.17, 15) is 26.4 Å². The Kier molecular flexibility index (Phi) is 7.35. The van der Waals surface area contributed by atoms with Crippen LogP contribution in [0.4, 0.5) is 24.5 Å². The quantitative estimate of drug-likeness (QED) is 0.659. The summed E-state index contributed by atoms with van der Waals surface area (Å²) in [5.41, 5.74) is -0.443. The number of carbonyl (C=O) groups excluding carboxylic acids is 1. The third-order valence-corrected chi connectivity index (χ3v) is 5.39. The van der Waals surface area contributed by atoms with Crippen LogP contribution in [-0.2, 0) is 21.0 Å². The third-order valence-electron chi connectivity index (χ3n) is 4.21. The summed E-state index contributed by atoms with van der Waals surface area (Å²) < 4.78 is 69.3. The fourth-order valence-electron chi connectivity index (χ4n) is 2.88. The molecule has 0 unspecified atom stereocenters. The van der Waals surface area contributed by atoms with Crippen molar-refractivity contribution in [1.82, 2.24) is 0 Å². The average Bonchev–Trinajstić information content (AvgIpc) is 2.66. The SMILES string of the molecule is CCOc1ccc(N([C@H](CC)C(=O)Nc2ccc(C(F)(F)F)cc2)S(C)(=O)=O)cc1. The lowest BCUT2D eigenvalue weighted by Crippen LogP contribution is -2.47. The molecule has 10 heteroatoms. The number of ether oxygens (including phenoxy) is 1. The summed E-state index contributed by atoms with van der Waals surface area (Å²) in [6.07, 6.45) is -3.36. The Balaban J connectivity index is 2.29. The number of alkyl halides is 3. The molecule has 0 spiro atoms. The Hall–Kier alpha value is -2.75. The summed E-state index contributed by atoms with van der Waals surface area (Å²) >= 11 is 0. The molecule has 0 aliphatic heterocycles. The first kappa shape index (κ1) is 23.5. The molecule has 164 valence electrons. The van der Waals surface area contributed by atoms with Crippen LogP contribution in [0.25, 0.3) is 0 Å². The molecule has 0 fully saturated rings. The molecule has 0 saturated carbocycles. The minimum Gasteiger partial charge on any atom is -0.494 e. The molecule has 0 aliphatic rings. The Morgan fingerprint density at radius 3 is 2.07 bits per heavy atom. The van der Waals surface area contributed by atoms with Crippen molar-refractivity contribution in [3.8, 4) is 5.75 Å². The maximum atomic E-state index is 12.8. The topological polar surface area (TPSA) is 75.7 Å². The van der Waals surface area contributed by atoms with E-state index in [4.69, 9.17) is 4.74 Å². The monoisotopic (exact) mass is 444 g/mol. The van der Waals surface area contributed by atoms with Crippen molar-refractivity contribution in [3.05, 3.63) is 54.1 Å². The van der Waals surface area contributed by atoms with Crippen LogP contribution in [0.1, 0.15) is 25.8 Å². The van der Waals surface area contributed by atoms with Crippen molar-refractivity contribution in [2.75, 3.05) is 22.5 Å². The standard InChI is InChI=1S/C20H23F3N2O4S/c1-4-18(19(26)24-15-8-6-14(7-9-15)20(21,22)23)25(30(3,27)28)16-10-12-17(13-11-16)29-5-2/h6-13,18H,4-5H2,1-3H3,(H,24,26)/t18-/m1/s1. The number of sulfonamides is 1. The van der Waals surface area contributed by atoms with Gasteiger partial charge in [-0.2, -0.15) is 13.2 Å². The largest absolute Gasteiger partial charge is 0.494 e. The molecule has 0 bridgehead atoms. The summed E-state index contributed by atoms with van der Waals surface area (Å²) in [6.45, 7) is 3.90. The maximum absolute atomic E-state index is 12.8. The first-order valence-electron chi connectivity index (χ1n) is 9.17. The first-order chi connectivity index (χ1) is 14.0. The predicted molar refractivity (Wildman–Crippen MR) is 109 cm³/mol. The summed E-state index contributed by atoms with van der Waals surface area (Å²) in [7, 11) is -3.83. The minimum absolute atomic E-state index is 0.131. The first-order valence-corrected chi connectivity index (χ1v) is 11.0. The van der Waals surface area contributed by atoms with Gasteiger partial charge in [-0.15, -0.1) is 0 Å². The van der Waals surface area contributed by atoms with Gasteiger partial charge in [0.25, 0.3) is 0 Å². The fraction of sp³-hybridized carbons (Fsp3) is 0.350. The zero-order chi connectivity index (χ0) is 22.5. The second-order valence-electron chi connectivity index (χ2n) is 6.47. The van der Waals surface area contributed by atoms with E-state index in [0.29, 0.717) is 12.4 Å². The summed E-state index contributed by atoms with van der Waals surface area (Å²) in [6, 6.07) is 9.08. The molecule has 30 heavy (non-hydrogen) atoms. The minimum atomic E-state index is -4.49. The molecule has 0 aromatic heterocycles. The van der Waals surface area contributed by atoms with Crippen LogP contribution >= 0.6 is 0 Å². The molecule has 0 saturated heterocycles. The van der Waals surface area contributed by atoms with Gasteiger partial charge in [-0.05, 0) is 61.9 Å². The highest BCUT2D eigenvalue weighted by atomic mass is 32.2. The second kappa shape index (κ2) is 9.38. The molecule has 2 aromatic rings.